The zero-order valence-electron chi connectivity index (χ0n) is 10.7. The molecular formula is C14H15NO2S. The zero-order chi connectivity index (χ0) is 13.1. The number of hydrogen-bond donors (Lipinski definition) is 0. The van der Waals surface area contributed by atoms with Crippen molar-refractivity contribution in [2.75, 3.05) is 6.61 Å². The van der Waals surface area contributed by atoms with Crippen LogP contribution in [0.2, 0.25) is 0 Å². The first-order chi connectivity index (χ1) is 8.61. The SMILES string of the molecule is CCOc1ccc(-c2sc(C)nc2C(C)=O)cc1. The minimum atomic E-state index is 0.00300. The monoisotopic (exact) mass is 261 g/mol. The van der Waals surface area contributed by atoms with Crippen molar-refractivity contribution in [1.29, 1.82) is 0 Å². The van der Waals surface area contributed by atoms with Crippen LogP contribution in [0.25, 0.3) is 10.4 Å². The molecule has 0 aliphatic carbocycles. The first-order valence-corrected chi connectivity index (χ1v) is 6.65. The lowest BCUT2D eigenvalue weighted by Crippen LogP contribution is -1.95. The summed E-state index contributed by atoms with van der Waals surface area (Å²) in [5.74, 6) is 0.843. The molecule has 1 heterocycles. The van der Waals surface area contributed by atoms with E-state index < -0.39 is 0 Å². The van der Waals surface area contributed by atoms with Gasteiger partial charge in [-0.3, -0.25) is 4.79 Å². The van der Waals surface area contributed by atoms with Crippen molar-refractivity contribution in [3.8, 4) is 16.2 Å². The molecule has 1 aromatic carbocycles. The van der Waals surface area contributed by atoms with Gasteiger partial charge in [0.25, 0.3) is 0 Å². The van der Waals surface area contributed by atoms with E-state index in [2.05, 4.69) is 4.98 Å². The molecule has 0 N–H and O–H groups in total. The average Bonchev–Trinajstić information content (AvgIpc) is 2.73. The minimum Gasteiger partial charge on any atom is -0.494 e. The highest BCUT2D eigenvalue weighted by molar-refractivity contribution is 7.15. The average molecular weight is 261 g/mol. The fraction of sp³-hybridized carbons (Fsp3) is 0.286. The highest BCUT2D eigenvalue weighted by Gasteiger charge is 2.14. The second-order valence-corrected chi connectivity index (χ2v) is 5.13. The normalized spacial score (nSPS) is 10.4. The summed E-state index contributed by atoms with van der Waals surface area (Å²) in [6, 6.07) is 7.75. The minimum absolute atomic E-state index is 0.00300. The zero-order valence-corrected chi connectivity index (χ0v) is 11.5. The van der Waals surface area contributed by atoms with Gasteiger partial charge in [0.1, 0.15) is 11.4 Å². The number of benzene rings is 1. The molecule has 94 valence electrons. The summed E-state index contributed by atoms with van der Waals surface area (Å²) in [7, 11) is 0. The maximum absolute atomic E-state index is 11.5. The molecule has 0 radical (unpaired) electrons. The van der Waals surface area contributed by atoms with Crippen LogP contribution in [0.1, 0.15) is 29.3 Å². The molecule has 0 atom stereocenters. The van der Waals surface area contributed by atoms with Crippen LogP contribution in [0.5, 0.6) is 5.75 Å². The molecule has 1 aromatic heterocycles. The summed E-state index contributed by atoms with van der Waals surface area (Å²) in [5, 5.41) is 0.907. The third-order valence-corrected chi connectivity index (χ3v) is 3.51. The van der Waals surface area contributed by atoms with Gasteiger partial charge in [0.15, 0.2) is 5.78 Å². The van der Waals surface area contributed by atoms with Gasteiger partial charge in [-0.15, -0.1) is 11.3 Å². The molecule has 2 aromatic rings. The van der Waals surface area contributed by atoms with Crippen LogP contribution >= 0.6 is 11.3 Å². The third kappa shape index (κ3) is 2.59. The van der Waals surface area contributed by atoms with Crippen LogP contribution < -0.4 is 4.74 Å². The van der Waals surface area contributed by atoms with Gasteiger partial charge in [-0.2, -0.15) is 0 Å². The molecule has 0 fully saturated rings. The lowest BCUT2D eigenvalue weighted by molar-refractivity contribution is 0.101. The number of aryl methyl sites for hydroxylation is 1. The standard InChI is InChI=1S/C14H15NO2S/c1-4-17-12-7-5-11(6-8-12)14-13(9(2)16)15-10(3)18-14/h5-8H,4H2,1-3H3. The van der Waals surface area contributed by atoms with Gasteiger partial charge in [0.2, 0.25) is 0 Å². The van der Waals surface area contributed by atoms with Gasteiger partial charge in [-0.25, -0.2) is 4.98 Å². The summed E-state index contributed by atoms with van der Waals surface area (Å²) in [6.45, 7) is 6.06. The second-order valence-electron chi connectivity index (χ2n) is 3.92. The van der Waals surface area contributed by atoms with Crippen molar-refractivity contribution in [2.24, 2.45) is 0 Å². The van der Waals surface area contributed by atoms with Crippen LogP contribution in [0.3, 0.4) is 0 Å². The van der Waals surface area contributed by atoms with Crippen LogP contribution in [-0.4, -0.2) is 17.4 Å². The summed E-state index contributed by atoms with van der Waals surface area (Å²) >= 11 is 1.54. The lowest BCUT2D eigenvalue weighted by Gasteiger charge is -2.04. The molecule has 0 saturated heterocycles. The van der Waals surface area contributed by atoms with Crippen molar-refractivity contribution in [3.05, 3.63) is 35.0 Å². The summed E-state index contributed by atoms with van der Waals surface area (Å²) in [6.07, 6.45) is 0. The van der Waals surface area contributed by atoms with Crippen LogP contribution in [0.4, 0.5) is 0 Å². The lowest BCUT2D eigenvalue weighted by atomic mass is 10.1. The molecule has 0 aliphatic heterocycles. The largest absolute Gasteiger partial charge is 0.494 e. The van der Waals surface area contributed by atoms with Gasteiger partial charge in [-0.1, -0.05) is 0 Å². The molecule has 0 bridgehead atoms. The Morgan fingerprint density at radius 1 is 1.33 bits per heavy atom. The van der Waals surface area contributed by atoms with Crippen molar-refractivity contribution < 1.29 is 9.53 Å². The second kappa shape index (κ2) is 5.31. The first-order valence-electron chi connectivity index (χ1n) is 5.83. The Bertz CT molecular complexity index is 558. The number of Topliss-reactive ketones (excluding diaryl/α,β-unsaturated/α-hetero) is 1. The van der Waals surface area contributed by atoms with Gasteiger partial charge in [0.05, 0.1) is 16.5 Å². The van der Waals surface area contributed by atoms with E-state index in [1.165, 1.54) is 0 Å². The molecular weight excluding hydrogens is 246 g/mol. The fourth-order valence-corrected chi connectivity index (χ4v) is 2.70. The van der Waals surface area contributed by atoms with E-state index >= 15 is 0 Å². The molecule has 0 amide bonds. The Kier molecular flexibility index (Phi) is 3.77. The van der Waals surface area contributed by atoms with Crippen molar-refractivity contribution in [3.63, 3.8) is 0 Å². The summed E-state index contributed by atoms with van der Waals surface area (Å²) in [5.41, 5.74) is 1.57. The topological polar surface area (TPSA) is 39.2 Å². The number of ketones is 1. The predicted molar refractivity (Wildman–Crippen MR) is 73.5 cm³/mol. The Labute approximate surface area is 110 Å². The van der Waals surface area contributed by atoms with E-state index in [0.29, 0.717) is 12.3 Å². The van der Waals surface area contributed by atoms with Crippen LogP contribution in [0.15, 0.2) is 24.3 Å². The first kappa shape index (κ1) is 12.8. The smallest absolute Gasteiger partial charge is 0.179 e. The number of carbonyl (C=O) groups excluding carboxylic acids is 1. The van der Waals surface area contributed by atoms with Crippen LogP contribution in [-0.2, 0) is 0 Å². The van der Waals surface area contributed by atoms with E-state index in [4.69, 9.17) is 4.74 Å². The molecule has 4 heteroatoms. The molecule has 0 spiro atoms. The van der Waals surface area contributed by atoms with Gasteiger partial charge in [-0.05, 0) is 43.7 Å². The molecule has 18 heavy (non-hydrogen) atoms. The number of ether oxygens (including phenoxy) is 1. The molecule has 0 aliphatic rings. The number of aromatic nitrogens is 1. The number of thiazole rings is 1. The Balaban J connectivity index is 2.39. The maximum Gasteiger partial charge on any atom is 0.179 e. The van der Waals surface area contributed by atoms with Gasteiger partial charge < -0.3 is 4.74 Å². The number of nitrogens with zero attached hydrogens (tertiary/aromatic N) is 1. The fourth-order valence-electron chi connectivity index (χ4n) is 1.73. The van der Waals surface area contributed by atoms with Gasteiger partial charge in [0, 0.05) is 6.92 Å². The number of rotatable bonds is 4. The van der Waals surface area contributed by atoms with E-state index in [9.17, 15) is 4.79 Å². The highest BCUT2D eigenvalue weighted by Crippen LogP contribution is 2.31. The summed E-state index contributed by atoms with van der Waals surface area (Å²) in [4.78, 5) is 16.8. The van der Waals surface area contributed by atoms with E-state index in [0.717, 1.165) is 21.2 Å². The number of carbonyl (C=O) groups is 1. The maximum atomic E-state index is 11.5. The number of hydrogen-bond acceptors (Lipinski definition) is 4. The van der Waals surface area contributed by atoms with Gasteiger partial charge >= 0.3 is 0 Å². The third-order valence-electron chi connectivity index (χ3n) is 2.50. The summed E-state index contributed by atoms with van der Waals surface area (Å²) < 4.78 is 5.40. The molecule has 2 rings (SSSR count). The van der Waals surface area contributed by atoms with Crippen molar-refractivity contribution in [1.82, 2.24) is 4.98 Å². The Morgan fingerprint density at radius 3 is 2.56 bits per heavy atom. The van der Waals surface area contributed by atoms with Crippen molar-refractivity contribution in [2.45, 2.75) is 20.8 Å². The molecule has 0 unspecified atom stereocenters. The quantitative estimate of drug-likeness (QED) is 0.787. The van der Waals surface area contributed by atoms with Crippen LogP contribution in [0, 0.1) is 6.92 Å². The highest BCUT2D eigenvalue weighted by atomic mass is 32.1. The van der Waals surface area contributed by atoms with Crippen molar-refractivity contribution >= 4 is 17.1 Å². The Hall–Kier alpha value is -1.68. The predicted octanol–water partition coefficient (Wildman–Crippen LogP) is 3.72. The van der Waals surface area contributed by atoms with E-state index in [-0.39, 0.29) is 5.78 Å². The molecule has 3 nitrogen and oxygen atoms in total. The molecule has 0 saturated carbocycles. The Morgan fingerprint density at radius 2 is 2.00 bits per heavy atom. The van der Waals surface area contributed by atoms with E-state index in [1.807, 2.05) is 38.1 Å². The van der Waals surface area contributed by atoms with E-state index in [1.54, 1.807) is 18.3 Å².